The first-order valence-electron chi connectivity index (χ1n) is 5.70. The summed E-state index contributed by atoms with van der Waals surface area (Å²) in [5.41, 5.74) is 1.08. The fourth-order valence-electron chi connectivity index (χ4n) is 1.48. The average molecular weight is 237 g/mol. The maximum atomic E-state index is 11.2. The Kier molecular flexibility index (Phi) is 5.49. The Morgan fingerprint density at radius 2 is 2.24 bits per heavy atom. The van der Waals surface area contributed by atoms with Gasteiger partial charge in [0.25, 0.3) is 0 Å². The van der Waals surface area contributed by atoms with Gasteiger partial charge in [0.15, 0.2) is 0 Å². The van der Waals surface area contributed by atoms with Crippen molar-refractivity contribution in [1.29, 1.82) is 0 Å². The minimum atomic E-state index is -0.234. The summed E-state index contributed by atoms with van der Waals surface area (Å²) in [7, 11) is 1.63. The molecular weight excluding hydrogens is 218 g/mol. The molecular formula is C13H19NO3. The molecule has 0 aliphatic heterocycles. The van der Waals surface area contributed by atoms with Crippen LogP contribution in [0.1, 0.15) is 25.5 Å². The normalized spacial score (nSPS) is 11.9. The van der Waals surface area contributed by atoms with Crippen molar-refractivity contribution in [1.82, 2.24) is 5.32 Å². The van der Waals surface area contributed by atoms with Gasteiger partial charge in [-0.2, -0.15) is 0 Å². The van der Waals surface area contributed by atoms with Crippen molar-refractivity contribution in [3.05, 3.63) is 29.8 Å². The second kappa shape index (κ2) is 6.91. The first kappa shape index (κ1) is 13.5. The van der Waals surface area contributed by atoms with E-state index in [2.05, 4.69) is 5.32 Å². The largest absolute Gasteiger partial charge is 0.497 e. The highest BCUT2D eigenvalue weighted by molar-refractivity contribution is 5.71. The molecule has 94 valence electrons. The van der Waals surface area contributed by atoms with Gasteiger partial charge in [0, 0.05) is 6.04 Å². The summed E-state index contributed by atoms with van der Waals surface area (Å²) >= 11 is 0. The van der Waals surface area contributed by atoms with Gasteiger partial charge in [-0.25, -0.2) is 0 Å². The molecule has 0 aliphatic rings. The van der Waals surface area contributed by atoms with Crippen molar-refractivity contribution in [2.24, 2.45) is 0 Å². The third-order valence-electron chi connectivity index (χ3n) is 2.45. The number of carbonyl (C=O) groups excluding carboxylic acids is 1. The second-order valence-corrected chi connectivity index (χ2v) is 3.68. The Balaban J connectivity index is 2.51. The van der Waals surface area contributed by atoms with E-state index in [1.165, 1.54) is 0 Å². The Morgan fingerprint density at radius 1 is 1.47 bits per heavy atom. The fraction of sp³-hybridized carbons (Fsp3) is 0.462. The molecule has 0 spiro atoms. The minimum absolute atomic E-state index is 0.0782. The SMILES string of the molecule is CCOC(=O)CN[C@@H](C)c1cccc(OC)c1. The van der Waals surface area contributed by atoms with E-state index < -0.39 is 0 Å². The lowest BCUT2D eigenvalue weighted by molar-refractivity contribution is -0.142. The molecule has 1 rings (SSSR count). The van der Waals surface area contributed by atoms with E-state index in [4.69, 9.17) is 9.47 Å². The molecule has 1 N–H and O–H groups in total. The predicted octanol–water partition coefficient (Wildman–Crippen LogP) is 1.91. The lowest BCUT2D eigenvalue weighted by Gasteiger charge is -2.14. The lowest BCUT2D eigenvalue weighted by atomic mass is 10.1. The van der Waals surface area contributed by atoms with E-state index in [0.717, 1.165) is 11.3 Å². The van der Waals surface area contributed by atoms with Crippen LogP contribution in [0.2, 0.25) is 0 Å². The van der Waals surface area contributed by atoms with E-state index in [1.807, 2.05) is 31.2 Å². The molecule has 0 unspecified atom stereocenters. The molecule has 0 saturated heterocycles. The number of methoxy groups -OCH3 is 1. The first-order valence-corrected chi connectivity index (χ1v) is 5.70. The van der Waals surface area contributed by atoms with Crippen LogP contribution in [0.15, 0.2) is 24.3 Å². The molecule has 0 amide bonds. The van der Waals surface area contributed by atoms with Crippen LogP contribution in [0.3, 0.4) is 0 Å². The molecule has 4 heteroatoms. The van der Waals surface area contributed by atoms with Crippen molar-refractivity contribution >= 4 is 5.97 Å². The van der Waals surface area contributed by atoms with E-state index >= 15 is 0 Å². The van der Waals surface area contributed by atoms with Crippen LogP contribution >= 0.6 is 0 Å². The van der Waals surface area contributed by atoms with Crippen molar-refractivity contribution in [2.75, 3.05) is 20.3 Å². The van der Waals surface area contributed by atoms with Gasteiger partial charge in [0.2, 0.25) is 0 Å². The molecule has 1 aromatic rings. The first-order chi connectivity index (χ1) is 8.17. The Morgan fingerprint density at radius 3 is 2.88 bits per heavy atom. The van der Waals surface area contributed by atoms with Gasteiger partial charge >= 0.3 is 5.97 Å². The highest BCUT2D eigenvalue weighted by Crippen LogP contribution is 2.18. The number of ether oxygens (including phenoxy) is 2. The average Bonchev–Trinajstić information content (AvgIpc) is 2.36. The molecule has 0 aromatic heterocycles. The zero-order chi connectivity index (χ0) is 12.7. The van der Waals surface area contributed by atoms with E-state index in [0.29, 0.717) is 6.61 Å². The molecule has 17 heavy (non-hydrogen) atoms. The lowest BCUT2D eigenvalue weighted by Crippen LogP contribution is -2.27. The molecule has 0 bridgehead atoms. The molecule has 0 saturated carbocycles. The van der Waals surface area contributed by atoms with Crippen LogP contribution < -0.4 is 10.1 Å². The van der Waals surface area contributed by atoms with Crippen LogP contribution in [-0.4, -0.2) is 26.2 Å². The van der Waals surface area contributed by atoms with Crippen LogP contribution in [0.5, 0.6) is 5.75 Å². The van der Waals surface area contributed by atoms with E-state index in [-0.39, 0.29) is 18.6 Å². The van der Waals surface area contributed by atoms with Crippen molar-refractivity contribution < 1.29 is 14.3 Å². The predicted molar refractivity (Wildman–Crippen MR) is 66.0 cm³/mol. The van der Waals surface area contributed by atoms with Crippen molar-refractivity contribution in [3.8, 4) is 5.75 Å². The topological polar surface area (TPSA) is 47.6 Å². The number of hydrogen-bond donors (Lipinski definition) is 1. The number of benzene rings is 1. The molecule has 0 fully saturated rings. The van der Waals surface area contributed by atoms with E-state index in [9.17, 15) is 4.79 Å². The van der Waals surface area contributed by atoms with Crippen LogP contribution in [0.4, 0.5) is 0 Å². The van der Waals surface area contributed by atoms with Gasteiger partial charge in [0.1, 0.15) is 5.75 Å². The molecule has 1 aromatic carbocycles. The van der Waals surface area contributed by atoms with Gasteiger partial charge in [0.05, 0.1) is 20.3 Å². The summed E-state index contributed by atoms with van der Waals surface area (Å²) in [6.07, 6.45) is 0. The zero-order valence-corrected chi connectivity index (χ0v) is 10.5. The number of rotatable bonds is 6. The smallest absolute Gasteiger partial charge is 0.319 e. The third kappa shape index (κ3) is 4.44. The van der Waals surface area contributed by atoms with Crippen molar-refractivity contribution in [3.63, 3.8) is 0 Å². The highest BCUT2D eigenvalue weighted by Gasteiger charge is 2.08. The molecule has 1 atom stereocenters. The van der Waals surface area contributed by atoms with Gasteiger partial charge in [-0.15, -0.1) is 0 Å². The van der Waals surface area contributed by atoms with Gasteiger partial charge in [-0.1, -0.05) is 12.1 Å². The molecule has 0 heterocycles. The standard InChI is InChI=1S/C13H19NO3/c1-4-17-13(15)9-14-10(2)11-6-5-7-12(8-11)16-3/h5-8,10,14H,4,9H2,1-3H3/t10-/m0/s1. The maximum Gasteiger partial charge on any atom is 0.319 e. The maximum absolute atomic E-state index is 11.2. The van der Waals surface area contributed by atoms with Gasteiger partial charge in [-0.05, 0) is 31.5 Å². The Hall–Kier alpha value is -1.55. The monoisotopic (exact) mass is 237 g/mol. The second-order valence-electron chi connectivity index (χ2n) is 3.68. The third-order valence-corrected chi connectivity index (χ3v) is 2.45. The van der Waals surface area contributed by atoms with Crippen molar-refractivity contribution in [2.45, 2.75) is 19.9 Å². The van der Waals surface area contributed by atoms with Gasteiger partial charge < -0.3 is 14.8 Å². The zero-order valence-electron chi connectivity index (χ0n) is 10.5. The molecule has 0 aliphatic carbocycles. The summed E-state index contributed by atoms with van der Waals surface area (Å²) in [4.78, 5) is 11.2. The summed E-state index contributed by atoms with van der Waals surface area (Å²) < 4.78 is 10.00. The number of nitrogens with one attached hydrogen (secondary N) is 1. The number of esters is 1. The summed E-state index contributed by atoms with van der Waals surface area (Å²) in [5.74, 6) is 0.578. The minimum Gasteiger partial charge on any atom is -0.497 e. The molecule has 4 nitrogen and oxygen atoms in total. The summed E-state index contributed by atoms with van der Waals surface area (Å²) in [6, 6.07) is 7.83. The fourth-order valence-corrected chi connectivity index (χ4v) is 1.48. The number of carbonyl (C=O) groups is 1. The summed E-state index contributed by atoms with van der Waals surface area (Å²) in [5, 5.41) is 3.10. The Bertz CT molecular complexity index is 365. The van der Waals surface area contributed by atoms with Crippen LogP contribution in [-0.2, 0) is 9.53 Å². The van der Waals surface area contributed by atoms with Crippen LogP contribution in [0, 0.1) is 0 Å². The summed E-state index contributed by atoms with van der Waals surface area (Å²) in [6.45, 7) is 4.41. The quantitative estimate of drug-likeness (QED) is 0.768. The highest BCUT2D eigenvalue weighted by atomic mass is 16.5. The van der Waals surface area contributed by atoms with Crippen LogP contribution in [0.25, 0.3) is 0 Å². The van der Waals surface area contributed by atoms with Gasteiger partial charge in [-0.3, -0.25) is 4.79 Å². The Labute approximate surface area is 102 Å². The number of hydrogen-bond acceptors (Lipinski definition) is 4. The molecule has 0 radical (unpaired) electrons. The van der Waals surface area contributed by atoms with E-state index in [1.54, 1.807) is 14.0 Å².